The van der Waals surface area contributed by atoms with Gasteiger partial charge in [0, 0.05) is 17.8 Å². The molecule has 0 atom stereocenters. The van der Waals surface area contributed by atoms with Crippen molar-refractivity contribution in [3.8, 4) is 0 Å². The highest BCUT2D eigenvalue weighted by Crippen LogP contribution is 2.29. The highest BCUT2D eigenvalue weighted by atomic mass is 16.5. The first kappa shape index (κ1) is 13.4. The van der Waals surface area contributed by atoms with Crippen molar-refractivity contribution in [2.24, 2.45) is 0 Å². The summed E-state index contributed by atoms with van der Waals surface area (Å²) >= 11 is 0. The van der Waals surface area contributed by atoms with Crippen LogP contribution in [0.5, 0.6) is 0 Å². The lowest BCUT2D eigenvalue weighted by Crippen LogP contribution is -2.40. The quantitative estimate of drug-likeness (QED) is 0.662. The van der Waals surface area contributed by atoms with Gasteiger partial charge in [-0.15, -0.1) is 0 Å². The molecule has 1 heterocycles. The molecule has 5 nitrogen and oxygen atoms in total. The van der Waals surface area contributed by atoms with Gasteiger partial charge in [0.25, 0.3) is 0 Å². The zero-order chi connectivity index (χ0) is 14.0. The number of nitrogen functional groups attached to an aromatic ring is 1. The SMILES string of the molecule is CC(C)OC(=O)CN1C(=O)CCc2cc(N)ccc21. The molecule has 1 aromatic rings. The Hall–Kier alpha value is -2.04. The molecule has 0 aromatic heterocycles. The minimum atomic E-state index is -0.395. The Morgan fingerprint density at radius 2 is 2.16 bits per heavy atom. The van der Waals surface area contributed by atoms with Gasteiger partial charge >= 0.3 is 5.97 Å². The second-order valence-corrected chi connectivity index (χ2v) is 4.91. The van der Waals surface area contributed by atoms with Gasteiger partial charge in [0.05, 0.1) is 6.10 Å². The predicted octanol–water partition coefficient (Wildman–Crippen LogP) is 1.50. The number of ether oxygens (including phenoxy) is 1. The summed E-state index contributed by atoms with van der Waals surface area (Å²) in [4.78, 5) is 25.1. The van der Waals surface area contributed by atoms with E-state index in [9.17, 15) is 9.59 Å². The van der Waals surface area contributed by atoms with E-state index in [1.165, 1.54) is 4.90 Å². The molecule has 1 aliphatic rings. The summed E-state index contributed by atoms with van der Waals surface area (Å²) in [6.07, 6.45) is 0.874. The lowest BCUT2D eigenvalue weighted by molar-refractivity contribution is -0.146. The molecule has 5 heteroatoms. The Kier molecular flexibility index (Phi) is 3.74. The van der Waals surface area contributed by atoms with Crippen LogP contribution in [0.15, 0.2) is 18.2 Å². The molecule has 2 N–H and O–H groups in total. The molecule has 1 amide bonds. The first-order valence-corrected chi connectivity index (χ1v) is 6.35. The van der Waals surface area contributed by atoms with Crippen molar-refractivity contribution in [3.05, 3.63) is 23.8 Å². The van der Waals surface area contributed by atoms with Crippen LogP contribution in [-0.2, 0) is 20.7 Å². The maximum Gasteiger partial charge on any atom is 0.326 e. The third-order valence-electron chi connectivity index (χ3n) is 2.96. The fourth-order valence-electron chi connectivity index (χ4n) is 2.18. The molecule has 0 fully saturated rings. The zero-order valence-electron chi connectivity index (χ0n) is 11.2. The van der Waals surface area contributed by atoms with E-state index >= 15 is 0 Å². The van der Waals surface area contributed by atoms with E-state index in [1.807, 2.05) is 6.07 Å². The zero-order valence-corrected chi connectivity index (χ0v) is 11.2. The van der Waals surface area contributed by atoms with Gasteiger partial charge < -0.3 is 15.4 Å². The number of carbonyl (C=O) groups excluding carboxylic acids is 2. The molecule has 2 rings (SSSR count). The molecule has 0 aliphatic carbocycles. The van der Waals surface area contributed by atoms with Gasteiger partial charge in [-0.25, -0.2) is 0 Å². The number of hydrogen-bond donors (Lipinski definition) is 1. The van der Waals surface area contributed by atoms with Crippen molar-refractivity contribution in [1.29, 1.82) is 0 Å². The van der Waals surface area contributed by atoms with Crippen molar-refractivity contribution in [2.75, 3.05) is 17.2 Å². The number of esters is 1. The molecular formula is C14H18N2O3. The largest absolute Gasteiger partial charge is 0.462 e. The first-order chi connectivity index (χ1) is 8.97. The molecule has 0 radical (unpaired) electrons. The Bertz CT molecular complexity index is 511. The van der Waals surface area contributed by atoms with E-state index in [1.54, 1.807) is 26.0 Å². The Balaban J connectivity index is 2.21. The lowest BCUT2D eigenvalue weighted by Gasteiger charge is -2.29. The molecule has 1 aliphatic heterocycles. The van der Waals surface area contributed by atoms with Crippen LogP contribution in [0.2, 0.25) is 0 Å². The lowest BCUT2D eigenvalue weighted by atomic mass is 10.0. The Morgan fingerprint density at radius 1 is 1.42 bits per heavy atom. The number of anilines is 2. The third kappa shape index (κ3) is 3.05. The van der Waals surface area contributed by atoms with Gasteiger partial charge in [-0.2, -0.15) is 0 Å². The molecular weight excluding hydrogens is 244 g/mol. The summed E-state index contributed by atoms with van der Waals surface area (Å²) < 4.78 is 5.08. The number of nitrogens with two attached hydrogens (primary N) is 1. The molecule has 0 unspecified atom stereocenters. The number of aryl methyl sites for hydroxylation is 1. The molecule has 19 heavy (non-hydrogen) atoms. The first-order valence-electron chi connectivity index (χ1n) is 6.35. The number of amides is 1. The summed E-state index contributed by atoms with van der Waals surface area (Å²) in [5.74, 6) is -0.453. The fourth-order valence-corrected chi connectivity index (χ4v) is 2.18. The number of nitrogens with zero attached hydrogens (tertiary/aromatic N) is 1. The average Bonchev–Trinajstić information content (AvgIpc) is 2.32. The van der Waals surface area contributed by atoms with Gasteiger partial charge in [0.15, 0.2) is 0 Å². The summed E-state index contributed by atoms with van der Waals surface area (Å²) in [5, 5.41) is 0. The highest BCUT2D eigenvalue weighted by molar-refractivity contribution is 6.00. The Labute approximate surface area is 112 Å². The van der Waals surface area contributed by atoms with Crippen LogP contribution < -0.4 is 10.6 Å². The number of benzene rings is 1. The molecule has 0 bridgehead atoms. The maximum atomic E-state index is 12.0. The molecule has 0 saturated carbocycles. The smallest absolute Gasteiger partial charge is 0.326 e. The molecule has 1 aromatic carbocycles. The normalized spacial score (nSPS) is 14.5. The topological polar surface area (TPSA) is 72.6 Å². The van der Waals surface area contributed by atoms with Crippen LogP contribution in [0.1, 0.15) is 25.8 Å². The monoisotopic (exact) mass is 262 g/mol. The Morgan fingerprint density at radius 3 is 2.84 bits per heavy atom. The van der Waals surface area contributed by atoms with E-state index in [-0.39, 0.29) is 18.6 Å². The van der Waals surface area contributed by atoms with Crippen molar-refractivity contribution < 1.29 is 14.3 Å². The van der Waals surface area contributed by atoms with E-state index in [2.05, 4.69) is 0 Å². The van der Waals surface area contributed by atoms with Crippen molar-refractivity contribution in [2.45, 2.75) is 32.8 Å². The molecule has 102 valence electrons. The minimum absolute atomic E-state index is 0.0477. The summed E-state index contributed by atoms with van der Waals surface area (Å²) in [7, 11) is 0. The van der Waals surface area contributed by atoms with Crippen LogP contribution in [0.25, 0.3) is 0 Å². The maximum absolute atomic E-state index is 12.0. The fraction of sp³-hybridized carbons (Fsp3) is 0.429. The summed E-state index contributed by atoms with van der Waals surface area (Å²) in [6, 6.07) is 5.37. The van der Waals surface area contributed by atoms with Crippen LogP contribution in [0, 0.1) is 0 Å². The average molecular weight is 262 g/mol. The number of fused-ring (bicyclic) bond motifs is 1. The second kappa shape index (κ2) is 5.30. The second-order valence-electron chi connectivity index (χ2n) is 4.91. The van der Waals surface area contributed by atoms with Crippen molar-refractivity contribution in [3.63, 3.8) is 0 Å². The number of hydrogen-bond acceptors (Lipinski definition) is 4. The van der Waals surface area contributed by atoms with E-state index in [0.29, 0.717) is 18.5 Å². The van der Waals surface area contributed by atoms with Crippen LogP contribution >= 0.6 is 0 Å². The minimum Gasteiger partial charge on any atom is -0.462 e. The third-order valence-corrected chi connectivity index (χ3v) is 2.96. The number of rotatable bonds is 3. The summed E-state index contributed by atoms with van der Waals surface area (Å²) in [6.45, 7) is 3.52. The predicted molar refractivity (Wildman–Crippen MR) is 72.8 cm³/mol. The van der Waals surface area contributed by atoms with Crippen molar-refractivity contribution in [1.82, 2.24) is 0 Å². The van der Waals surface area contributed by atoms with Gasteiger partial charge in [-0.1, -0.05) is 0 Å². The van der Waals surface area contributed by atoms with Gasteiger partial charge in [0.2, 0.25) is 5.91 Å². The highest BCUT2D eigenvalue weighted by Gasteiger charge is 2.26. The van der Waals surface area contributed by atoms with Crippen LogP contribution in [-0.4, -0.2) is 24.5 Å². The number of carbonyl (C=O) groups is 2. The molecule has 0 spiro atoms. The van der Waals surface area contributed by atoms with Gasteiger partial charge in [0.1, 0.15) is 6.54 Å². The van der Waals surface area contributed by atoms with E-state index < -0.39 is 5.97 Å². The van der Waals surface area contributed by atoms with Gasteiger partial charge in [-0.3, -0.25) is 9.59 Å². The molecule has 0 saturated heterocycles. The van der Waals surface area contributed by atoms with Crippen LogP contribution in [0.3, 0.4) is 0 Å². The van der Waals surface area contributed by atoms with E-state index in [4.69, 9.17) is 10.5 Å². The van der Waals surface area contributed by atoms with E-state index in [0.717, 1.165) is 11.3 Å². The van der Waals surface area contributed by atoms with Gasteiger partial charge in [-0.05, 0) is 44.0 Å². The standard InChI is InChI=1S/C14H18N2O3/c1-9(2)19-14(18)8-16-12-5-4-11(15)7-10(12)3-6-13(16)17/h4-5,7,9H,3,6,8,15H2,1-2H3. The van der Waals surface area contributed by atoms with Crippen molar-refractivity contribution >= 4 is 23.3 Å². The summed E-state index contributed by atoms with van der Waals surface area (Å²) in [5.41, 5.74) is 8.15. The van der Waals surface area contributed by atoms with Crippen LogP contribution in [0.4, 0.5) is 11.4 Å².